The quantitative estimate of drug-likeness (QED) is 0.597. The number of hydrogen-bond donors (Lipinski definition) is 3. The van der Waals surface area contributed by atoms with Gasteiger partial charge in [-0.1, -0.05) is 13.8 Å². The first kappa shape index (κ1) is 16.2. The van der Waals surface area contributed by atoms with E-state index in [0.29, 0.717) is 6.54 Å². The van der Waals surface area contributed by atoms with Gasteiger partial charge in [0.1, 0.15) is 6.04 Å². The second kappa shape index (κ2) is 7.52. The highest BCUT2D eigenvalue weighted by Gasteiger charge is 2.27. The fraction of sp³-hybridized carbons (Fsp3) is 0.727. The molecule has 0 saturated heterocycles. The van der Waals surface area contributed by atoms with Gasteiger partial charge in [-0.3, -0.25) is 9.59 Å². The van der Waals surface area contributed by atoms with Crippen LogP contribution in [0.15, 0.2) is 0 Å². The molecule has 1 unspecified atom stereocenters. The maximum Gasteiger partial charge on any atom is 0.312 e. The van der Waals surface area contributed by atoms with Crippen LogP contribution in [-0.2, 0) is 9.59 Å². The molecule has 7 heteroatoms. The number of carboxylic acid groups (broad SMARTS) is 1. The van der Waals surface area contributed by atoms with Crippen molar-refractivity contribution in [3.05, 3.63) is 0 Å². The van der Waals surface area contributed by atoms with E-state index in [1.165, 1.54) is 4.90 Å². The van der Waals surface area contributed by atoms with Crippen LogP contribution in [0.25, 0.3) is 0 Å². The molecule has 0 radical (unpaired) electrons. The molecule has 0 aliphatic rings. The lowest BCUT2D eigenvalue weighted by Crippen LogP contribution is -2.52. The average molecular weight is 259 g/mol. The summed E-state index contributed by atoms with van der Waals surface area (Å²) in [5.41, 5.74) is 5.02. The Morgan fingerprint density at radius 1 is 1.33 bits per heavy atom. The second-order valence-corrected chi connectivity index (χ2v) is 4.29. The predicted octanol–water partition coefficient (Wildman–Crippen LogP) is 0.00250. The van der Waals surface area contributed by atoms with Crippen molar-refractivity contribution in [2.24, 2.45) is 11.7 Å². The van der Waals surface area contributed by atoms with E-state index in [1.54, 1.807) is 20.8 Å². The molecule has 3 amide bonds. The summed E-state index contributed by atoms with van der Waals surface area (Å²) < 4.78 is 0. The van der Waals surface area contributed by atoms with E-state index >= 15 is 0 Å². The van der Waals surface area contributed by atoms with E-state index in [4.69, 9.17) is 10.8 Å². The molecule has 0 aromatic rings. The lowest BCUT2D eigenvalue weighted by molar-refractivity contribution is -0.139. The number of urea groups is 1. The van der Waals surface area contributed by atoms with Crippen LogP contribution >= 0.6 is 0 Å². The molecular weight excluding hydrogens is 238 g/mol. The van der Waals surface area contributed by atoms with Crippen molar-refractivity contribution in [1.82, 2.24) is 10.2 Å². The second-order valence-electron chi connectivity index (χ2n) is 4.29. The number of hydrogen-bond acceptors (Lipinski definition) is 3. The molecule has 0 bridgehead atoms. The highest BCUT2D eigenvalue weighted by molar-refractivity contribution is 5.87. The zero-order chi connectivity index (χ0) is 14.3. The maximum absolute atomic E-state index is 12.1. The molecule has 1 atom stereocenters. The number of carbonyl (C=O) groups excluding carboxylic acids is 2. The fourth-order valence-electron chi connectivity index (χ4n) is 1.52. The number of likely N-dealkylation sites (N-methyl/N-ethyl adjacent to an activating group) is 1. The van der Waals surface area contributed by atoms with Crippen molar-refractivity contribution in [1.29, 1.82) is 0 Å². The SMILES string of the molecule is CCN(CCC(=O)O)C(=O)C(NC(N)=O)C(C)C. The smallest absolute Gasteiger partial charge is 0.312 e. The van der Waals surface area contributed by atoms with E-state index in [2.05, 4.69) is 5.32 Å². The van der Waals surface area contributed by atoms with Gasteiger partial charge in [-0.2, -0.15) is 0 Å². The normalized spacial score (nSPS) is 12.0. The molecule has 0 aliphatic carbocycles. The monoisotopic (exact) mass is 259 g/mol. The maximum atomic E-state index is 12.1. The number of nitrogens with one attached hydrogen (secondary N) is 1. The van der Waals surface area contributed by atoms with E-state index in [9.17, 15) is 14.4 Å². The summed E-state index contributed by atoms with van der Waals surface area (Å²) >= 11 is 0. The van der Waals surface area contributed by atoms with Crippen LogP contribution in [0.4, 0.5) is 4.79 Å². The van der Waals surface area contributed by atoms with Crippen LogP contribution in [0.2, 0.25) is 0 Å². The topological polar surface area (TPSA) is 113 Å². The molecule has 0 aliphatic heterocycles. The summed E-state index contributed by atoms with van der Waals surface area (Å²) in [5, 5.41) is 11.0. The van der Waals surface area contributed by atoms with E-state index in [1.807, 2.05) is 0 Å². The molecular formula is C11H21N3O4. The van der Waals surface area contributed by atoms with E-state index in [-0.39, 0.29) is 24.8 Å². The molecule has 0 heterocycles. The molecule has 0 rings (SSSR count). The van der Waals surface area contributed by atoms with Gasteiger partial charge in [-0.05, 0) is 12.8 Å². The van der Waals surface area contributed by atoms with Crippen LogP contribution in [0.3, 0.4) is 0 Å². The van der Waals surface area contributed by atoms with Gasteiger partial charge in [0.25, 0.3) is 0 Å². The lowest BCUT2D eigenvalue weighted by Gasteiger charge is -2.28. The summed E-state index contributed by atoms with van der Waals surface area (Å²) in [5.74, 6) is -1.40. The molecule has 0 fully saturated rings. The van der Waals surface area contributed by atoms with E-state index in [0.717, 1.165) is 0 Å². The minimum atomic E-state index is -0.967. The number of rotatable bonds is 7. The van der Waals surface area contributed by atoms with Gasteiger partial charge < -0.3 is 21.1 Å². The standard InChI is InChI=1S/C11H21N3O4/c1-4-14(6-5-8(15)16)10(17)9(7(2)3)13-11(12)18/h7,9H,4-6H2,1-3H3,(H,15,16)(H3,12,13,18). The van der Waals surface area contributed by atoms with Crippen molar-refractivity contribution < 1.29 is 19.5 Å². The lowest BCUT2D eigenvalue weighted by atomic mass is 10.0. The minimum Gasteiger partial charge on any atom is -0.481 e. The third-order valence-electron chi connectivity index (χ3n) is 2.52. The Bertz CT molecular complexity index is 317. The van der Waals surface area contributed by atoms with Crippen molar-refractivity contribution in [3.8, 4) is 0 Å². The Hall–Kier alpha value is -1.79. The highest BCUT2D eigenvalue weighted by Crippen LogP contribution is 2.07. The van der Waals surface area contributed by atoms with Crippen molar-refractivity contribution >= 4 is 17.9 Å². The first-order chi connectivity index (χ1) is 8.29. The third-order valence-corrected chi connectivity index (χ3v) is 2.52. The summed E-state index contributed by atoms with van der Waals surface area (Å²) in [6, 6.07) is -1.49. The van der Waals surface area contributed by atoms with Gasteiger partial charge in [0.2, 0.25) is 5.91 Å². The van der Waals surface area contributed by atoms with Crippen LogP contribution in [-0.4, -0.2) is 47.0 Å². The molecule has 104 valence electrons. The van der Waals surface area contributed by atoms with Gasteiger partial charge in [-0.25, -0.2) is 4.79 Å². The molecule has 0 aromatic heterocycles. The zero-order valence-electron chi connectivity index (χ0n) is 11.0. The van der Waals surface area contributed by atoms with Crippen LogP contribution < -0.4 is 11.1 Å². The number of primary amides is 1. The largest absolute Gasteiger partial charge is 0.481 e. The van der Waals surface area contributed by atoms with Gasteiger partial charge in [0, 0.05) is 13.1 Å². The first-order valence-corrected chi connectivity index (χ1v) is 5.86. The van der Waals surface area contributed by atoms with E-state index < -0.39 is 18.0 Å². The molecule has 0 spiro atoms. The number of aliphatic carboxylic acids is 1. The zero-order valence-corrected chi connectivity index (χ0v) is 11.0. The molecule has 18 heavy (non-hydrogen) atoms. The molecule has 0 saturated carbocycles. The van der Waals surface area contributed by atoms with Crippen LogP contribution in [0, 0.1) is 5.92 Å². The van der Waals surface area contributed by atoms with Crippen molar-refractivity contribution in [2.45, 2.75) is 33.2 Å². The predicted molar refractivity (Wildman–Crippen MR) is 65.9 cm³/mol. The summed E-state index contributed by atoms with van der Waals surface area (Å²) in [6.07, 6.45) is -0.124. The van der Waals surface area contributed by atoms with Gasteiger partial charge >= 0.3 is 12.0 Å². The first-order valence-electron chi connectivity index (χ1n) is 5.86. The van der Waals surface area contributed by atoms with Crippen LogP contribution in [0.1, 0.15) is 27.2 Å². The summed E-state index contributed by atoms with van der Waals surface area (Å²) in [7, 11) is 0. The number of nitrogens with two attached hydrogens (primary N) is 1. The Balaban J connectivity index is 4.69. The Morgan fingerprint density at radius 3 is 2.22 bits per heavy atom. The number of carbonyl (C=O) groups is 3. The molecule has 0 aromatic carbocycles. The highest BCUT2D eigenvalue weighted by atomic mass is 16.4. The van der Waals surface area contributed by atoms with Crippen LogP contribution in [0.5, 0.6) is 0 Å². The summed E-state index contributed by atoms with van der Waals surface area (Å²) in [6.45, 7) is 5.82. The average Bonchev–Trinajstić information content (AvgIpc) is 2.25. The fourth-order valence-corrected chi connectivity index (χ4v) is 1.52. The third kappa shape index (κ3) is 5.51. The Morgan fingerprint density at radius 2 is 1.89 bits per heavy atom. The Kier molecular flexibility index (Phi) is 6.77. The Labute approximate surface area is 106 Å². The number of amides is 3. The number of nitrogens with zero attached hydrogens (tertiary/aromatic N) is 1. The molecule has 4 N–H and O–H groups in total. The van der Waals surface area contributed by atoms with Gasteiger partial charge in [-0.15, -0.1) is 0 Å². The number of carboxylic acids is 1. The van der Waals surface area contributed by atoms with Gasteiger partial charge in [0.15, 0.2) is 0 Å². The van der Waals surface area contributed by atoms with Crippen molar-refractivity contribution in [2.75, 3.05) is 13.1 Å². The van der Waals surface area contributed by atoms with Crippen molar-refractivity contribution in [3.63, 3.8) is 0 Å². The van der Waals surface area contributed by atoms with Gasteiger partial charge in [0.05, 0.1) is 6.42 Å². The minimum absolute atomic E-state index is 0.119. The summed E-state index contributed by atoms with van der Waals surface area (Å²) in [4.78, 5) is 34.9. The molecule has 7 nitrogen and oxygen atoms in total.